The second-order valence-corrected chi connectivity index (χ2v) is 7.34. The molecule has 0 saturated carbocycles. The maximum absolute atomic E-state index is 12.2. The molecule has 1 aromatic carbocycles. The van der Waals surface area contributed by atoms with Crippen LogP contribution in [0.15, 0.2) is 42.6 Å². The Balaban J connectivity index is 1.44. The van der Waals surface area contributed by atoms with E-state index in [0.29, 0.717) is 31.5 Å². The number of nitrogens with zero attached hydrogens (tertiary/aromatic N) is 4. The summed E-state index contributed by atoms with van der Waals surface area (Å²) in [4.78, 5) is 16.8. The maximum atomic E-state index is 12.2. The van der Waals surface area contributed by atoms with E-state index in [0.717, 1.165) is 38.2 Å². The highest BCUT2D eigenvalue weighted by atomic mass is 16.2. The van der Waals surface area contributed by atoms with Crippen LogP contribution in [-0.2, 0) is 11.3 Å². The average Bonchev–Trinajstić information content (AvgIpc) is 3.13. The van der Waals surface area contributed by atoms with Crippen molar-refractivity contribution in [2.24, 2.45) is 11.7 Å². The summed E-state index contributed by atoms with van der Waals surface area (Å²) in [6.07, 6.45) is 4.57. The lowest BCUT2D eigenvalue weighted by atomic mass is 9.83. The second kappa shape index (κ2) is 7.60. The van der Waals surface area contributed by atoms with Crippen molar-refractivity contribution in [2.75, 3.05) is 26.2 Å². The van der Waals surface area contributed by atoms with E-state index in [1.54, 1.807) is 0 Å². The summed E-state index contributed by atoms with van der Waals surface area (Å²) < 4.78 is 2.03. The van der Waals surface area contributed by atoms with E-state index in [9.17, 15) is 4.79 Å². The Morgan fingerprint density at radius 1 is 1.15 bits per heavy atom. The van der Waals surface area contributed by atoms with Crippen LogP contribution < -0.4 is 5.73 Å². The normalized spacial score (nSPS) is 23.9. The number of rotatable bonds is 5. The molecule has 2 fully saturated rings. The number of aromatic nitrogens is 2. The van der Waals surface area contributed by atoms with Gasteiger partial charge in [-0.2, -0.15) is 5.10 Å². The van der Waals surface area contributed by atoms with Crippen LogP contribution in [-0.4, -0.2) is 57.7 Å². The smallest absolute Gasteiger partial charge is 0.222 e. The third-order valence-corrected chi connectivity index (χ3v) is 5.71. The van der Waals surface area contributed by atoms with E-state index in [1.807, 2.05) is 34.0 Å². The van der Waals surface area contributed by atoms with Crippen LogP contribution in [0.25, 0.3) is 5.69 Å². The van der Waals surface area contributed by atoms with Gasteiger partial charge in [-0.25, -0.2) is 4.68 Å². The number of carbonyl (C=O) groups excluding carboxylic acids is 1. The predicted octanol–water partition coefficient (Wildman–Crippen LogP) is 1.64. The summed E-state index contributed by atoms with van der Waals surface area (Å²) in [7, 11) is 0. The van der Waals surface area contributed by atoms with Gasteiger partial charge >= 0.3 is 0 Å². The molecule has 4 rings (SSSR count). The molecule has 26 heavy (non-hydrogen) atoms. The first-order valence-corrected chi connectivity index (χ1v) is 9.56. The molecule has 3 heterocycles. The van der Waals surface area contributed by atoms with Crippen LogP contribution in [0.2, 0.25) is 0 Å². The molecule has 2 aliphatic rings. The van der Waals surface area contributed by atoms with Gasteiger partial charge in [0.05, 0.1) is 11.4 Å². The number of amides is 1. The van der Waals surface area contributed by atoms with Gasteiger partial charge in [0.25, 0.3) is 0 Å². The summed E-state index contributed by atoms with van der Waals surface area (Å²) >= 11 is 0. The molecular formula is C20H27N5O. The lowest BCUT2D eigenvalue weighted by molar-refractivity contribution is -0.141. The van der Waals surface area contributed by atoms with E-state index in [4.69, 9.17) is 5.73 Å². The van der Waals surface area contributed by atoms with E-state index in [-0.39, 0.29) is 5.91 Å². The molecule has 0 aliphatic carbocycles. The quantitative estimate of drug-likeness (QED) is 0.887. The number of piperidine rings is 2. The van der Waals surface area contributed by atoms with Crippen LogP contribution in [0.1, 0.15) is 25.0 Å². The zero-order valence-corrected chi connectivity index (χ0v) is 15.1. The summed E-state index contributed by atoms with van der Waals surface area (Å²) in [5.74, 6) is 0.841. The first kappa shape index (κ1) is 17.2. The SMILES string of the molecule is NCCN1C(=O)CC[C@H]2CN(Cc3ccnn3-c3ccccc3)CC[C@H]21. The van der Waals surface area contributed by atoms with E-state index in [1.165, 1.54) is 5.69 Å². The fourth-order valence-electron chi connectivity index (χ4n) is 4.48. The van der Waals surface area contributed by atoms with Crippen LogP contribution in [0.5, 0.6) is 0 Å². The fraction of sp³-hybridized carbons (Fsp3) is 0.500. The molecule has 6 heteroatoms. The summed E-state index contributed by atoms with van der Waals surface area (Å²) in [6.45, 7) is 4.19. The molecule has 6 nitrogen and oxygen atoms in total. The van der Waals surface area contributed by atoms with Gasteiger partial charge in [0.15, 0.2) is 0 Å². The van der Waals surface area contributed by atoms with Gasteiger partial charge in [-0.3, -0.25) is 9.69 Å². The van der Waals surface area contributed by atoms with Gasteiger partial charge in [-0.05, 0) is 37.0 Å². The van der Waals surface area contributed by atoms with Gasteiger partial charge in [-0.15, -0.1) is 0 Å². The molecule has 0 unspecified atom stereocenters. The Hall–Kier alpha value is -2.18. The summed E-state index contributed by atoms with van der Waals surface area (Å²) in [6, 6.07) is 12.7. The fourth-order valence-corrected chi connectivity index (χ4v) is 4.48. The third-order valence-electron chi connectivity index (χ3n) is 5.71. The molecule has 2 atom stereocenters. The number of hydrogen-bond acceptors (Lipinski definition) is 4. The second-order valence-electron chi connectivity index (χ2n) is 7.34. The molecular weight excluding hydrogens is 326 g/mol. The maximum Gasteiger partial charge on any atom is 0.222 e. The monoisotopic (exact) mass is 353 g/mol. The van der Waals surface area contributed by atoms with Crippen LogP contribution >= 0.6 is 0 Å². The number of nitrogens with two attached hydrogens (primary N) is 1. The molecule has 0 spiro atoms. The Morgan fingerprint density at radius 3 is 2.81 bits per heavy atom. The number of para-hydroxylation sites is 1. The zero-order chi connectivity index (χ0) is 17.9. The number of likely N-dealkylation sites (tertiary alicyclic amines) is 2. The lowest BCUT2D eigenvalue weighted by Crippen LogP contribution is -2.56. The van der Waals surface area contributed by atoms with Crippen molar-refractivity contribution in [3.05, 3.63) is 48.3 Å². The van der Waals surface area contributed by atoms with Gasteiger partial charge in [0, 0.05) is 51.4 Å². The highest BCUT2D eigenvalue weighted by Gasteiger charge is 2.38. The zero-order valence-electron chi connectivity index (χ0n) is 15.1. The van der Waals surface area contributed by atoms with Gasteiger partial charge in [0.2, 0.25) is 5.91 Å². The number of carbonyl (C=O) groups is 1. The van der Waals surface area contributed by atoms with Crippen LogP contribution in [0.3, 0.4) is 0 Å². The average molecular weight is 353 g/mol. The van der Waals surface area contributed by atoms with Crippen molar-refractivity contribution in [2.45, 2.75) is 31.8 Å². The molecule has 2 N–H and O–H groups in total. The Bertz CT molecular complexity index is 744. The topological polar surface area (TPSA) is 67.4 Å². The number of fused-ring (bicyclic) bond motifs is 1. The molecule has 2 aromatic rings. The van der Waals surface area contributed by atoms with E-state index >= 15 is 0 Å². The third kappa shape index (κ3) is 3.39. The Kier molecular flexibility index (Phi) is 5.04. The lowest BCUT2D eigenvalue weighted by Gasteiger charge is -2.47. The molecule has 138 valence electrons. The standard InChI is InChI=1S/C20H27N5O/c21-10-13-24-19-9-12-23(14-16(19)6-7-20(24)26)15-18-8-11-22-25(18)17-4-2-1-3-5-17/h1-5,8,11,16,19H,6-7,9-10,12-15,21H2/t16-,19+/m0/s1. The van der Waals surface area contributed by atoms with Crippen molar-refractivity contribution >= 4 is 5.91 Å². The minimum absolute atomic E-state index is 0.285. The Labute approximate surface area is 154 Å². The first-order chi connectivity index (χ1) is 12.8. The van der Waals surface area contributed by atoms with Crippen molar-refractivity contribution < 1.29 is 4.79 Å². The van der Waals surface area contributed by atoms with Crippen molar-refractivity contribution in [3.8, 4) is 5.69 Å². The van der Waals surface area contributed by atoms with Crippen molar-refractivity contribution in [1.29, 1.82) is 0 Å². The highest BCUT2D eigenvalue weighted by Crippen LogP contribution is 2.31. The Morgan fingerprint density at radius 2 is 2.00 bits per heavy atom. The molecule has 0 bridgehead atoms. The van der Waals surface area contributed by atoms with Crippen LogP contribution in [0, 0.1) is 5.92 Å². The molecule has 1 aromatic heterocycles. The van der Waals surface area contributed by atoms with Crippen molar-refractivity contribution in [1.82, 2.24) is 19.6 Å². The highest BCUT2D eigenvalue weighted by molar-refractivity contribution is 5.77. The number of hydrogen-bond donors (Lipinski definition) is 1. The van der Waals surface area contributed by atoms with Gasteiger partial charge in [0.1, 0.15) is 0 Å². The molecule has 0 radical (unpaired) electrons. The largest absolute Gasteiger partial charge is 0.338 e. The van der Waals surface area contributed by atoms with Gasteiger partial charge in [-0.1, -0.05) is 18.2 Å². The van der Waals surface area contributed by atoms with Gasteiger partial charge < -0.3 is 10.6 Å². The predicted molar refractivity (Wildman–Crippen MR) is 101 cm³/mol. The van der Waals surface area contributed by atoms with E-state index < -0.39 is 0 Å². The summed E-state index contributed by atoms with van der Waals surface area (Å²) in [5, 5.41) is 4.50. The molecule has 2 saturated heterocycles. The molecule has 1 amide bonds. The summed E-state index contributed by atoms with van der Waals surface area (Å²) in [5.41, 5.74) is 8.02. The van der Waals surface area contributed by atoms with Crippen LogP contribution in [0.4, 0.5) is 0 Å². The number of benzene rings is 1. The minimum Gasteiger partial charge on any atom is -0.338 e. The minimum atomic E-state index is 0.285. The van der Waals surface area contributed by atoms with Crippen molar-refractivity contribution in [3.63, 3.8) is 0 Å². The van der Waals surface area contributed by atoms with E-state index in [2.05, 4.69) is 28.2 Å². The molecule has 2 aliphatic heterocycles. The first-order valence-electron chi connectivity index (χ1n) is 9.56.